The highest BCUT2D eigenvalue weighted by Crippen LogP contribution is 2.28. The second-order valence-corrected chi connectivity index (χ2v) is 6.46. The molecule has 5 heteroatoms. The molecule has 4 rings (SSSR count). The Bertz CT molecular complexity index is 1030. The van der Waals surface area contributed by atoms with E-state index in [-0.39, 0.29) is 6.61 Å². The lowest BCUT2D eigenvalue weighted by Crippen LogP contribution is -1.94. The third-order valence-corrected chi connectivity index (χ3v) is 4.41. The number of nitrogens with zero attached hydrogens (tertiary/aromatic N) is 2. The van der Waals surface area contributed by atoms with Gasteiger partial charge in [-0.25, -0.2) is 4.68 Å². The zero-order chi connectivity index (χ0) is 18.6. The lowest BCUT2D eigenvalue weighted by atomic mass is 10.1. The average molecular weight is 377 g/mol. The van der Waals surface area contributed by atoms with Crippen molar-refractivity contribution in [2.24, 2.45) is 0 Å². The first-order valence-corrected chi connectivity index (χ1v) is 8.89. The molecule has 1 aromatic heterocycles. The number of ether oxygens (including phenoxy) is 1. The van der Waals surface area contributed by atoms with Gasteiger partial charge in [0.05, 0.1) is 18.0 Å². The number of rotatable bonds is 5. The molecule has 134 valence electrons. The van der Waals surface area contributed by atoms with Crippen LogP contribution in [0.15, 0.2) is 85.1 Å². The first kappa shape index (κ1) is 17.3. The number of hydrogen-bond donors (Lipinski definition) is 1. The molecular weight excluding hydrogens is 360 g/mol. The molecule has 3 aromatic carbocycles. The Balaban J connectivity index is 1.60. The van der Waals surface area contributed by atoms with Gasteiger partial charge in [0.15, 0.2) is 0 Å². The van der Waals surface area contributed by atoms with Crippen LogP contribution in [0.1, 0.15) is 5.56 Å². The van der Waals surface area contributed by atoms with Crippen LogP contribution in [0.3, 0.4) is 0 Å². The Labute approximate surface area is 162 Å². The van der Waals surface area contributed by atoms with Crippen LogP contribution >= 0.6 is 11.6 Å². The minimum atomic E-state index is -0.0782. The molecule has 0 saturated heterocycles. The summed E-state index contributed by atoms with van der Waals surface area (Å²) in [6.45, 7) is -0.0782. The molecule has 0 fully saturated rings. The number of para-hydroxylation sites is 1. The van der Waals surface area contributed by atoms with Crippen LogP contribution in [-0.2, 0) is 6.61 Å². The van der Waals surface area contributed by atoms with Gasteiger partial charge in [-0.2, -0.15) is 5.10 Å². The molecule has 0 aliphatic heterocycles. The number of halogens is 1. The van der Waals surface area contributed by atoms with Crippen LogP contribution in [0.4, 0.5) is 0 Å². The fourth-order valence-corrected chi connectivity index (χ4v) is 2.93. The molecule has 0 aliphatic carbocycles. The van der Waals surface area contributed by atoms with E-state index in [1.807, 2.05) is 72.9 Å². The van der Waals surface area contributed by atoms with Crippen LogP contribution < -0.4 is 4.74 Å². The quantitative estimate of drug-likeness (QED) is 0.502. The molecule has 0 unspecified atom stereocenters. The van der Waals surface area contributed by atoms with E-state index in [0.717, 1.165) is 28.3 Å². The lowest BCUT2D eigenvalue weighted by Gasteiger charge is -2.07. The van der Waals surface area contributed by atoms with Gasteiger partial charge in [0.2, 0.25) is 0 Å². The van der Waals surface area contributed by atoms with E-state index in [9.17, 15) is 5.11 Å². The number of aliphatic hydroxyl groups is 1. The Morgan fingerprint density at radius 1 is 0.852 bits per heavy atom. The maximum Gasteiger partial charge on any atom is 0.127 e. The summed E-state index contributed by atoms with van der Waals surface area (Å²) < 4.78 is 7.60. The normalized spacial score (nSPS) is 10.7. The molecule has 4 nitrogen and oxygen atoms in total. The van der Waals surface area contributed by atoms with Crippen molar-refractivity contribution in [3.05, 3.63) is 95.6 Å². The Morgan fingerprint density at radius 2 is 1.48 bits per heavy atom. The van der Waals surface area contributed by atoms with Crippen LogP contribution in [0.25, 0.3) is 16.9 Å². The minimum absolute atomic E-state index is 0.0782. The summed E-state index contributed by atoms with van der Waals surface area (Å²) in [5, 5.41) is 15.0. The first-order valence-electron chi connectivity index (χ1n) is 8.51. The minimum Gasteiger partial charge on any atom is -0.457 e. The van der Waals surface area contributed by atoms with E-state index < -0.39 is 0 Å². The van der Waals surface area contributed by atoms with Gasteiger partial charge in [-0.3, -0.25) is 0 Å². The fraction of sp³-hybridized carbons (Fsp3) is 0.0455. The van der Waals surface area contributed by atoms with Crippen molar-refractivity contribution in [1.29, 1.82) is 0 Å². The Hall–Kier alpha value is -3.08. The largest absolute Gasteiger partial charge is 0.457 e. The predicted molar refractivity (Wildman–Crippen MR) is 106 cm³/mol. The van der Waals surface area contributed by atoms with Crippen LogP contribution in [-0.4, -0.2) is 14.9 Å². The Morgan fingerprint density at radius 3 is 2.11 bits per heavy atom. The average Bonchev–Trinajstić information content (AvgIpc) is 3.15. The molecule has 1 heterocycles. The molecular formula is C22H17ClN2O2. The fourth-order valence-electron chi connectivity index (χ4n) is 2.80. The van der Waals surface area contributed by atoms with Gasteiger partial charge in [0.25, 0.3) is 0 Å². The third kappa shape index (κ3) is 3.87. The summed E-state index contributed by atoms with van der Waals surface area (Å²) in [6.07, 6.45) is 1.85. The second kappa shape index (κ2) is 7.66. The zero-order valence-corrected chi connectivity index (χ0v) is 15.2. The number of hydrogen-bond acceptors (Lipinski definition) is 3. The molecule has 27 heavy (non-hydrogen) atoms. The SMILES string of the molecule is OCc1cn(-c2ccccc2)nc1-c1ccc(Oc2ccc(Cl)cc2)cc1. The topological polar surface area (TPSA) is 47.3 Å². The van der Waals surface area contributed by atoms with E-state index in [0.29, 0.717) is 10.8 Å². The molecule has 4 aromatic rings. The van der Waals surface area contributed by atoms with E-state index in [1.54, 1.807) is 16.8 Å². The molecule has 0 bridgehead atoms. The molecule has 0 amide bonds. The monoisotopic (exact) mass is 376 g/mol. The van der Waals surface area contributed by atoms with Gasteiger partial charge in [0, 0.05) is 22.3 Å². The van der Waals surface area contributed by atoms with E-state index in [1.165, 1.54) is 0 Å². The van der Waals surface area contributed by atoms with Gasteiger partial charge >= 0.3 is 0 Å². The molecule has 1 N–H and O–H groups in total. The maximum absolute atomic E-state index is 9.72. The highest BCUT2D eigenvalue weighted by atomic mass is 35.5. The van der Waals surface area contributed by atoms with Crippen molar-refractivity contribution in [2.45, 2.75) is 6.61 Å². The van der Waals surface area contributed by atoms with Crippen LogP contribution in [0.5, 0.6) is 11.5 Å². The van der Waals surface area contributed by atoms with E-state index in [4.69, 9.17) is 16.3 Å². The lowest BCUT2D eigenvalue weighted by molar-refractivity contribution is 0.282. The van der Waals surface area contributed by atoms with Crippen LogP contribution in [0, 0.1) is 0 Å². The highest BCUT2D eigenvalue weighted by Gasteiger charge is 2.12. The van der Waals surface area contributed by atoms with Crippen molar-refractivity contribution < 1.29 is 9.84 Å². The van der Waals surface area contributed by atoms with Crippen molar-refractivity contribution in [1.82, 2.24) is 9.78 Å². The number of aliphatic hydroxyl groups excluding tert-OH is 1. The number of benzene rings is 3. The van der Waals surface area contributed by atoms with E-state index >= 15 is 0 Å². The van der Waals surface area contributed by atoms with Gasteiger partial charge in [-0.15, -0.1) is 0 Å². The van der Waals surface area contributed by atoms with Crippen molar-refractivity contribution in [3.8, 4) is 28.4 Å². The second-order valence-electron chi connectivity index (χ2n) is 6.02. The van der Waals surface area contributed by atoms with Crippen molar-refractivity contribution in [2.75, 3.05) is 0 Å². The third-order valence-electron chi connectivity index (χ3n) is 4.16. The van der Waals surface area contributed by atoms with Gasteiger partial charge in [-0.05, 0) is 60.7 Å². The van der Waals surface area contributed by atoms with Gasteiger partial charge in [0.1, 0.15) is 11.5 Å². The van der Waals surface area contributed by atoms with Crippen molar-refractivity contribution >= 4 is 11.6 Å². The molecule has 0 radical (unpaired) electrons. The molecule has 0 spiro atoms. The summed E-state index contributed by atoms with van der Waals surface area (Å²) >= 11 is 5.89. The summed E-state index contributed by atoms with van der Waals surface area (Å²) in [5.74, 6) is 1.44. The number of aromatic nitrogens is 2. The predicted octanol–water partition coefficient (Wildman–Crippen LogP) is 5.48. The highest BCUT2D eigenvalue weighted by molar-refractivity contribution is 6.30. The summed E-state index contributed by atoms with van der Waals surface area (Å²) in [5.41, 5.74) is 3.38. The summed E-state index contributed by atoms with van der Waals surface area (Å²) in [4.78, 5) is 0. The first-order chi connectivity index (χ1) is 13.2. The smallest absolute Gasteiger partial charge is 0.127 e. The van der Waals surface area contributed by atoms with E-state index in [2.05, 4.69) is 5.10 Å². The van der Waals surface area contributed by atoms with Gasteiger partial charge < -0.3 is 9.84 Å². The summed E-state index contributed by atoms with van der Waals surface area (Å²) in [6, 6.07) is 24.7. The van der Waals surface area contributed by atoms with Crippen LogP contribution in [0.2, 0.25) is 5.02 Å². The van der Waals surface area contributed by atoms with Gasteiger partial charge in [-0.1, -0.05) is 29.8 Å². The molecule has 0 aliphatic rings. The Kier molecular flexibility index (Phi) is 4.92. The molecule has 0 atom stereocenters. The zero-order valence-electron chi connectivity index (χ0n) is 14.4. The van der Waals surface area contributed by atoms with Crippen molar-refractivity contribution in [3.63, 3.8) is 0 Å². The maximum atomic E-state index is 9.72. The standard InChI is InChI=1S/C22H17ClN2O2/c23-18-8-12-21(13-9-18)27-20-10-6-16(7-11-20)22-17(15-26)14-25(24-22)19-4-2-1-3-5-19/h1-14,26H,15H2. The summed E-state index contributed by atoms with van der Waals surface area (Å²) in [7, 11) is 0. The molecule has 0 saturated carbocycles.